The third kappa shape index (κ3) is 4.39. The average Bonchev–Trinajstić information content (AvgIpc) is 3.56. The fourth-order valence-corrected chi connectivity index (χ4v) is 6.08. The summed E-state index contributed by atoms with van der Waals surface area (Å²) < 4.78 is 28.3. The summed E-state index contributed by atoms with van der Waals surface area (Å²) in [6.45, 7) is 11.4. The van der Waals surface area contributed by atoms with Gasteiger partial charge in [0.25, 0.3) is 0 Å². The Bertz CT molecular complexity index is 930. The van der Waals surface area contributed by atoms with E-state index in [9.17, 15) is 18.0 Å². The molecule has 0 bridgehead atoms. The summed E-state index contributed by atoms with van der Waals surface area (Å²) in [5.74, 6) is 0.125. The van der Waals surface area contributed by atoms with Gasteiger partial charge in [0.15, 0.2) is 0 Å². The van der Waals surface area contributed by atoms with Crippen LogP contribution in [-0.4, -0.2) is 62.2 Å². The maximum atomic E-state index is 13.4. The van der Waals surface area contributed by atoms with Crippen LogP contribution in [0.4, 0.5) is 0 Å². The SMILES string of the molecule is Cc1c(C)c(C)c(S(=O)(=O)N2CCN(C(=O)CCNC(=O)C3CC3)CC2)c(C)c1C. The molecule has 1 aromatic carbocycles. The fraction of sp³-hybridized carbons (Fsp3) is 0.636. The smallest absolute Gasteiger partial charge is 0.243 e. The van der Waals surface area contributed by atoms with E-state index in [2.05, 4.69) is 5.32 Å². The molecule has 3 rings (SSSR count). The van der Waals surface area contributed by atoms with Crippen LogP contribution in [0.3, 0.4) is 0 Å². The summed E-state index contributed by atoms with van der Waals surface area (Å²) in [5.41, 5.74) is 4.77. The van der Waals surface area contributed by atoms with Gasteiger partial charge in [0, 0.05) is 45.1 Å². The molecule has 0 unspecified atom stereocenters. The summed E-state index contributed by atoms with van der Waals surface area (Å²) >= 11 is 0. The lowest BCUT2D eigenvalue weighted by molar-refractivity contribution is -0.132. The summed E-state index contributed by atoms with van der Waals surface area (Å²) in [6, 6.07) is 0. The Hall–Kier alpha value is -1.93. The summed E-state index contributed by atoms with van der Waals surface area (Å²) in [5, 5.41) is 2.80. The minimum absolute atomic E-state index is 0.0353. The molecule has 1 saturated carbocycles. The number of rotatable bonds is 6. The van der Waals surface area contributed by atoms with E-state index in [0.29, 0.717) is 24.5 Å². The minimum Gasteiger partial charge on any atom is -0.355 e. The highest BCUT2D eigenvalue weighted by atomic mass is 32.2. The fourth-order valence-electron chi connectivity index (χ4n) is 4.10. The van der Waals surface area contributed by atoms with Gasteiger partial charge in [-0.3, -0.25) is 9.59 Å². The maximum Gasteiger partial charge on any atom is 0.243 e. The predicted octanol–water partition coefficient (Wildman–Crippen LogP) is 1.98. The normalized spacial score (nSPS) is 17.8. The van der Waals surface area contributed by atoms with E-state index in [4.69, 9.17) is 0 Å². The molecule has 2 amide bonds. The Morgan fingerprint density at radius 3 is 1.87 bits per heavy atom. The van der Waals surface area contributed by atoms with Crippen LogP contribution >= 0.6 is 0 Å². The van der Waals surface area contributed by atoms with E-state index >= 15 is 0 Å². The molecule has 0 radical (unpaired) electrons. The lowest BCUT2D eigenvalue weighted by Gasteiger charge is -2.35. The van der Waals surface area contributed by atoms with Gasteiger partial charge >= 0.3 is 0 Å². The van der Waals surface area contributed by atoms with Crippen LogP contribution in [0.25, 0.3) is 0 Å². The van der Waals surface area contributed by atoms with Crippen molar-refractivity contribution in [3.05, 3.63) is 27.8 Å². The van der Waals surface area contributed by atoms with Crippen molar-refractivity contribution in [2.45, 2.75) is 58.8 Å². The zero-order valence-corrected chi connectivity index (χ0v) is 19.5. The number of carbonyl (C=O) groups excluding carboxylic acids is 2. The van der Waals surface area contributed by atoms with Gasteiger partial charge in [-0.05, 0) is 75.3 Å². The average molecular weight is 436 g/mol. The first-order chi connectivity index (χ1) is 14.1. The van der Waals surface area contributed by atoms with Crippen LogP contribution < -0.4 is 5.32 Å². The van der Waals surface area contributed by atoms with Gasteiger partial charge in [-0.2, -0.15) is 4.31 Å². The molecule has 2 fully saturated rings. The first-order valence-electron chi connectivity index (χ1n) is 10.7. The molecule has 1 saturated heterocycles. The van der Waals surface area contributed by atoms with Crippen LogP contribution in [0.15, 0.2) is 4.90 Å². The highest BCUT2D eigenvalue weighted by Gasteiger charge is 2.33. The van der Waals surface area contributed by atoms with Crippen molar-refractivity contribution in [2.24, 2.45) is 5.92 Å². The van der Waals surface area contributed by atoms with Crippen LogP contribution in [0, 0.1) is 40.5 Å². The van der Waals surface area contributed by atoms with E-state index in [1.54, 1.807) is 4.90 Å². The zero-order valence-electron chi connectivity index (χ0n) is 18.7. The van der Waals surface area contributed by atoms with E-state index in [1.165, 1.54) is 4.31 Å². The first-order valence-corrected chi connectivity index (χ1v) is 12.1. The predicted molar refractivity (Wildman–Crippen MR) is 116 cm³/mol. The minimum atomic E-state index is -3.63. The molecule has 30 heavy (non-hydrogen) atoms. The number of sulfonamides is 1. The monoisotopic (exact) mass is 435 g/mol. The molecular formula is C22H33N3O4S. The lowest BCUT2D eigenvalue weighted by atomic mass is 9.95. The van der Waals surface area contributed by atoms with E-state index < -0.39 is 10.0 Å². The molecule has 8 heteroatoms. The Balaban J connectivity index is 1.63. The Labute approximate surface area is 179 Å². The van der Waals surface area contributed by atoms with Crippen molar-refractivity contribution in [3.8, 4) is 0 Å². The van der Waals surface area contributed by atoms with Crippen molar-refractivity contribution in [2.75, 3.05) is 32.7 Å². The number of piperazine rings is 1. The van der Waals surface area contributed by atoms with Gasteiger partial charge in [0.2, 0.25) is 21.8 Å². The van der Waals surface area contributed by atoms with Crippen molar-refractivity contribution < 1.29 is 18.0 Å². The summed E-state index contributed by atoms with van der Waals surface area (Å²) in [7, 11) is -3.63. The van der Waals surface area contributed by atoms with Gasteiger partial charge < -0.3 is 10.2 Å². The molecule has 7 nitrogen and oxygen atoms in total. The van der Waals surface area contributed by atoms with E-state index in [0.717, 1.165) is 40.7 Å². The third-order valence-corrected chi connectivity index (χ3v) is 8.88. The van der Waals surface area contributed by atoms with Crippen molar-refractivity contribution in [3.63, 3.8) is 0 Å². The molecule has 1 aliphatic heterocycles. The summed E-state index contributed by atoms with van der Waals surface area (Å²) in [6.07, 6.45) is 2.13. The van der Waals surface area contributed by atoms with Crippen LogP contribution in [0.5, 0.6) is 0 Å². The Morgan fingerprint density at radius 1 is 0.867 bits per heavy atom. The second-order valence-electron chi connectivity index (χ2n) is 8.55. The Morgan fingerprint density at radius 2 is 1.37 bits per heavy atom. The topological polar surface area (TPSA) is 86.8 Å². The molecule has 0 atom stereocenters. The number of nitrogens with zero attached hydrogens (tertiary/aromatic N) is 2. The van der Waals surface area contributed by atoms with E-state index in [-0.39, 0.29) is 37.2 Å². The Kier molecular flexibility index (Phi) is 6.57. The van der Waals surface area contributed by atoms with E-state index in [1.807, 2.05) is 34.6 Å². The van der Waals surface area contributed by atoms with Crippen LogP contribution in [0.1, 0.15) is 47.1 Å². The molecule has 1 N–H and O–H groups in total. The van der Waals surface area contributed by atoms with Crippen molar-refractivity contribution in [1.29, 1.82) is 0 Å². The summed E-state index contributed by atoms with van der Waals surface area (Å²) in [4.78, 5) is 26.2. The molecule has 2 aliphatic rings. The molecule has 1 heterocycles. The molecular weight excluding hydrogens is 402 g/mol. The molecule has 0 aromatic heterocycles. The van der Waals surface area contributed by atoms with Gasteiger partial charge in [-0.15, -0.1) is 0 Å². The van der Waals surface area contributed by atoms with Gasteiger partial charge in [0.1, 0.15) is 0 Å². The molecule has 1 aliphatic carbocycles. The third-order valence-electron chi connectivity index (χ3n) is 6.71. The van der Waals surface area contributed by atoms with Gasteiger partial charge in [-0.1, -0.05) is 0 Å². The standard InChI is InChI=1S/C22H33N3O4S/c1-14-15(2)17(4)21(18(5)16(14)3)30(28,29)25-12-10-24(11-13-25)20(26)8-9-23-22(27)19-6-7-19/h19H,6-13H2,1-5H3,(H,23,27). The number of carbonyl (C=O) groups is 2. The molecule has 166 valence electrons. The maximum absolute atomic E-state index is 13.4. The van der Waals surface area contributed by atoms with Crippen molar-refractivity contribution in [1.82, 2.24) is 14.5 Å². The number of benzene rings is 1. The highest BCUT2D eigenvalue weighted by molar-refractivity contribution is 7.89. The number of hydrogen-bond donors (Lipinski definition) is 1. The molecule has 0 spiro atoms. The zero-order chi connectivity index (χ0) is 22.2. The second kappa shape index (κ2) is 8.67. The van der Waals surface area contributed by atoms with Crippen LogP contribution in [0.2, 0.25) is 0 Å². The van der Waals surface area contributed by atoms with Crippen molar-refractivity contribution >= 4 is 21.8 Å². The van der Waals surface area contributed by atoms with Gasteiger partial charge in [-0.25, -0.2) is 8.42 Å². The van der Waals surface area contributed by atoms with Gasteiger partial charge in [0.05, 0.1) is 4.90 Å². The number of nitrogens with one attached hydrogen (secondary N) is 1. The quantitative estimate of drug-likeness (QED) is 0.740. The second-order valence-corrected chi connectivity index (χ2v) is 10.4. The largest absolute Gasteiger partial charge is 0.355 e. The number of amides is 2. The number of hydrogen-bond acceptors (Lipinski definition) is 4. The highest BCUT2D eigenvalue weighted by Crippen LogP contribution is 2.32. The molecule has 1 aromatic rings. The lowest BCUT2D eigenvalue weighted by Crippen LogP contribution is -2.51. The first kappa shape index (κ1) is 22.7. The van der Waals surface area contributed by atoms with Crippen LogP contribution in [-0.2, 0) is 19.6 Å².